The summed E-state index contributed by atoms with van der Waals surface area (Å²) < 4.78 is 0. The van der Waals surface area contributed by atoms with Crippen molar-refractivity contribution in [2.24, 2.45) is 5.92 Å². The summed E-state index contributed by atoms with van der Waals surface area (Å²) >= 11 is 0. The van der Waals surface area contributed by atoms with Crippen molar-refractivity contribution < 1.29 is 4.79 Å². The molecule has 1 fully saturated rings. The van der Waals surface area contributed by atoms with E-state index in [0.29, 0.717) is 6.42 Å². The van der Waals surface area contributed by atoms with E-state index in [9.17, 15) is 4.79 Å². The van der Waals surface area contributed by atoms with E-state index in [1.807, 2.05) is 29.2 Å². The van der Waals surface area contributed by atoms with Gasteiger partial charge in [-0.05, 0) is 42.9 Å². The predicted octanol–water partition coefficient (Wildman–Crippen LogP) is 2.46. The zero-order valence-corrected chi connectivity index (χ0v) is 11.1. The third-order valence-corrected chi connectivity index (χ3v) is 3.70. The van der Waals surface area contributed by atoms with Gasteiger partial charge in [-0.1, -0.05) is 19.1 Å². The Hall–Kier alpha value is -1.51. The van der Waals surface area contributed by atoms with Gasteiger partial charge in [-0.2, -0.15) is 0 Å². The van der Waals surface area contributed by atoms with E-state index >= 15 is 0 Å². The van der Waals surface area contributed by atoms with Crippen LogP contribution in [0.2, 0.25) is 0 Å². The molecule has 1 unspecified atom stereocenters. The minimum atomic E-state index is 0.244. The molecule has 1 aromatic rings. The number of hydrogen-bond acceptors (Lipinski definition) is 2. The molecule has 1 saturated heterocycles. The van der Waals surface area contributed by atoms with Crippen LogP contribution in [-0.2, 0) is 11.2 Å². The number of amides is 1. The number of rotatable bonds is 2. The molecule has 0 saturated carbocycles. The molecule has 0 radical (unpaired) electrons. The Bertz CT molecular complexity index is 399. The average molecular weight is 246 g/mol. The molecule has 2 N–H and O–H groups in total. The van der Waals surface area contributed by atoms with Gasteiger partial charge in [0.1, 0.15) is 0 Å². The van der Waals surface area contributed by atoms with Crippen LogP contribution in [0.1, 0.15) is 31.7 Å². The second kappa shape index (κ2) is 5.89. The molecule has 0 aliphatic carbocycles. The van der Waals surface area contributed by atoms with Crippen LogP contribution in [0.5, 0.6) is 0 Å². The Morgan fingerprint density at radius 2 is 2.00 bits per heavy atom. The number of nitrogens with zero attached hydrogens (tertiary/aromatic N) is 1. The quantitative estimate of drug-likeness (QED) is 0.815. The summed E-state index contributed by atoms with van der Waals surface area (Å²) in [5, 5.41) is 0. The maximum absolute atomic E-state index is 12.2. The van der Waals surface area contributed by atoms with Crippen LogP contribution in [-0.4, -0.2) is 23.9 Å². The highest BCUT2D eigenvalue weighted by Gasteiger charge is 2.18. The summed E-state index contributed by atoms with van der Waals surface area (Å²) in [6, 6.07) is 7.58. The van der Waals surface area contributed by atoms with Gasteiger partial charge in [-0.3, -0.25) is 4.79 Å². The molecule has 98 valence electrons. The summed E-state index contributed by atoms with van der Waals surface area (Å²) in [5.41, 5.74) is 7.43. The first-order valence-corrected chi connectivity index (χ1v) is 6.77. The molecule has 0 bridgehead atoms. The fourth-order valence-electron chi connectivity index (χ4n) is 2.43. The lowest BCUT2D eigenvalue weighted by molar-refractivity contribution is -0.130. The normalized spacial score (nSPS) is 20.5. The molecule has 1 heterocycles. The predicted molar refractivity (Wildman–Crippen MR) is 74.2 cm³/mol. The highest BCUT2D eigenvalue weighted by Crippen LogP contribution is 2.17. The second-order valence-corrected chi connectivity index (χ2v) is 5.34. The van der Waals surface area contributed by atoms with E-state index in [1.54, 1.807) is 0 Å². The first-order valence-electron chi connectivity index (χ1n) is 6.77. The standard InChI is InChI=1S/C15H22N2O/c1-12-3-2-9-17(10-8-12)15(18)11-13-4-6-14(16)7-5-13/h4-7,12H,2-3,8-11,16H2,1H3. The van der Waals surface area contributed by atoms with Crippen molar-refractivity contribution in [1.29, 1.82) is 0 Å². The Labute approximate surface area is 109 Å². The summed E-state index contributed by atoms with van der Waals surface area (Å²) in [6.45, 7) is 4.10. The fourth-order valence-corrected chi connectivity index (χ4v) is 2.43. The highest BCUT2D eigenvalue weighted by molar-refractivity contribution is 5.78. The topological polar surface area (TPSA) is 46.3 Å². The molecule has 3 heteroatoms. The van der Waals surface area contributed by atoms with Gasteiger partial charge in [-0.25, -0.2) is 0 Å². The van der Waals surface area contributed by atoms with Crippen LogP contribution in [0, 0.1) is 5.92 Å². The molecular formula is C15H22N2O. The first kappa shape index (κ1) is 12.9. The summed E-state index contributed by atoms with van der Waals surface area (Å²) in [6.07, 6.45) is 4.00. The lowest BCUT2D eigenvalue weighted by Gasteiger charge is -2.20. The molecule has 1 atom stereocenters. The van der Waals surface area contributed by atoms with Crippen LogP contribution >= 0.6 is 0 Å². The zero-order valence-electron chi connectivity index (χ0n) is 11.1. The van der Waals surface area contributed by atoms with Crippen molar-refractivity contribution in [2.45, 2.75) is 32.6 Å². The summed E-state index contributed by atoms with van der Waals surface area (Å²) in [7, 11) is 0. The average Bonchev–Trinajstić information content (AvgIpc) is 2.57. The van der Waals surface area contributed by atoms with E-state index in [2.05, 4.69) is 6.92 Å². The van der Waals surface area contributed by atoms with Gasteiger partial charge >= 0.3 is 0 Å². The molecular weight excluding hydrogens is 224 g/mol. The van der Waals surface area contributed by atoms with Crippen LogP contribution in [0.25, 0.3) is 0 Å². The molecule has 1 aromatic carbocycles. The van der Waals surface area contributed by atoms with Gasteiger partial charge < -0.3 is 10.6 Å². The summed E-state index contributed by atoms with van der Waals surface area (Å²) in [4.78, 5) is 14.2. The van der Waals surface area contributed by atoms with Gasteiger partial charge in [0.2, 0.25) is 5.91 Å². The Morgan fingerprint density at radius 1 is 1.28 bits per heavy atom. The van der Waals surface area contributed by atoms with Crippen LogP contribution < -0.4 is 5.73 Å². The number of carbonyl (C=O) groups excluding carboxylic acids is 1. The van der Waals surface area contributed by atoms with E-state index < -0.39 is 0 Å². The molecule has 0 aromatic heterocycles. The van der Waals surface area contributed by atoms with E-state index in [1.165, 1.54) is 6.42 Å². The van der Waals surface area contributed by atoms with Crippen LogP contribution in [0.3, 0.4) is 0 Å². The highest BCUT2D eigenvalue weighted by atomic mass is 16.2. The van der Waals surface area contributed by atoms with Gasteiger partial charge in [0, 0.05) is 18.8 Å². The van der Waals surface area contributed by atoms with Gasteiger partial charge in [0.15, 0.2) is 0 Å². The van der Waals surface area contributed by atoms with Crippen molar-refractivity contribution in [1.82, 2.24) is 4.90 Å². The maximum atomic E-state index is 12.2. The van der Waals surface area contributed by atoms with Crippen LogP contribution in [0.4, 0.5) is 5.69 Å². The second-order valence-electron chi connectivity index (χ2n) is 5.34. The number of anilines is 1. The molecule has 1 amide bonds. The molecule has 1 aliphatic rings. The number of benzene rings is 1. The smallest absolute Gasteiger partial charge is 0.226 e. The number of likely N-dealkylation sites (tertiary alicyclic amines) is 1. The maximum Gasteiger partial charge on any atom is 0.226 e. The molecule has 1 aliphatic heterocycles. The van der Waals surface area contributed by atoms with E-state index in [0.717, 1.165) is 43.1 Å². The SMILES string of the molecule is CC1CCCN(C(=O)Cc2ccc(N)cc2)CC1. The Balaban J connectivity index is 1.92. The minimum Gasteiger partial charge on any atom is -0.399 e. The monoisotopic (exact) mass is 246 g/mol. The minimum absolute atomic E-state index is 0.244. The van der Waals surface area contributed by atoms with Crippen molar-refractivity contribution in [3.05, 3.63) is 29.8 Å². The van der Waals surface area contributed by atoms with E-state index in [-0.39, 0.29) is 5.91 Å². The van der Waals surface area contributed by atoms with Crippen molar-refractivity contribution in [3.63, 3.8) is 0 Å². The third kappa shape index (κ3) is 3.49. The largest absolute Gasteiger partial charge is 0.399 e. The molecule has 18 heavy (non-hydrogen) atoms. The van der Waals surface area contributed by atoms with Gasteiger partial charge in [0.25, 0.3) is 0 Å². The fraction of sp³-hybridized carbons (Fsp3) is 0.533. The zero-order chi connectivity index (χ0) is 13.0. The van der Waals surface area contributed by atoms with Gasteiger partial charge in [-0.15, -0.1) is 0 Å². The first-order chi connectivity index (χ1) is 8.65. The Morgan fingerprint density at radius 3 is 2.72 bits per heavy atom. The van der Waals surface area contributed by atoms with Crippen molar-refractivity contribution >= 4 is 11.6 Å². The number of carbonyl (C=O) groups is 1. The lowest BCUT2D eigenvalue weighted by Crippen LogP contribution is -2.33. The third-order valence-electron chi connectivity index (χ3n) is 3.70. The van der Waals surface area contributed by atoms with E-state index in [4.69, 9.17) is 5.73 Å². The van der Waals surface area contributed by atoms with Gasteiger partial charge in [0.05, 0.1) is 6.42 Å². The molecule has 2 rings (SSSR count). The molecule has 0 spiro atoms. The van der Waals surface area contributed by atoms with Crippen LogP contribution in [0.15, 0.2) is 24.3 Å². The number of nitrogens with two attached hydrogens (primary N) is 1. The summed E-state index contributed by atoms with van der Waals surface area (Å²) in [5.74, 6) is 0.994. The number of nitrogen functional groups attached to an aromatic ring is 1. The molecule has 3 nitrogen and oxygen atoms in total. The number of hydrogen-bond donors (Lipinski definition) is 1. The Kier molecular flexibility index (Phi) is 4.24. The van der Waals surface area contributed by atoms with Crippen molar-refractivity contribution in [3.8, 4) is 0 Å². The van der Waals surface area contributed by atoms with Crippen molar-refractivity contribution in [2.75, 3.05) is 18.8 Å². The lowest BCUT2D eigenvalue weighted by atomic mass is 10.0.